The van der Waals surface area contributed by atoms with Crippen molar-refractivity contribution < 1.29 is 22.4 Å². The number of aromatic nitrogens is 2. The van der Waals surface area contributed by atoms with Crippen molar-refractivity contribution in [3.8, 4) is 0 Å². The molecule has 2 aromatic rings. The lowest BCUT2D eigenvalue weighted by Crippen LogP contribution is -2.29. The van der Waals surface area contributed by atoms with Crippen molar-refractivity contribution in [3.05, 3.63) is 53.1 Å². The highest BCUT2D eigenvalue weighted by Gasteiger charge is 2.32. The summed E-state index contributed by atoms with van der Waals surface area (Å²) in [7, 11) is 0. The van der Waals surface area contributed by atoms with Gasteiger partial charge in [-0.2, -0.15) is 13.2 Å². The highest BCUT2D eigenvalue weighted by atomic mass is 19.4. The molecule has 0 radical (unpaired) electrons. The molecule has 0 aliphatic carbocycles. The number of aryl methyl sites for hydroxylation is 1. The highest BCUT2D eigenvalue weighted by Crippen LogP contribution is 2.27. The number of carbonyl (C=O) groups is 1. The van der Waals surface area contributed by atoms with Crippen LogP contribution in [-0.4, -0.2) is 29.0 Å². The Morgan fingerprint density at radius 1 is 1.21 bits per heavy atom. The first-order valence-corrected chi connectivity index (χ1v) is 6.96. The number of hydrogen-bond donors (Lipinski definition) is 2. The minimum absolute atomic E-state index is 0.105. The van der Waals surface area contributed by atoms with Crippen molar-refractivity contribution in [2.75, 3.05) is 18.4 Å². The lowest BCUT2D eigenvalue weighted by molar-refractivity contribution is -0.141. The van der Waals surface area contributed by atoms with Gasteiger partial charge in [0.1, 0.15) is 11.5 Å². The molecule has 9 heteroatoms. The first-order chi connectivity index (χ1) is 11.3. The average molecular weight is 342 g/mol. The van der Waals surface area contributed by atoms with Crippen LogP contribution < -0.4 is 10.6 Å². The van der Waals surface area contributed by atoms with Crippen molar-refractivity contribution in [1.82, 2.24) is 15.3 Å². The zero-order chi connectivity index (χ0) is 17.7. The van der Waals surface area contributed by atoms with Crippen LogP contribution in [0, 0.1) is 12.7 Å². The maximum Gasteiger partial charge on any atom is 0.433 e. The van der Waals surface area contributed by atoms with Gasteiger partial charge in [-0.3, -0.25) is 4.79 Å². The monoisotopic (exact) mass is 342 g/mol. The van der Waals surface area contributed by atoms with Crippen LogP contribution in [0.25, 0.3) is 0 Å². The fourth-order valence-electron chi connectivity index (χ4n) is 1.79. The number of benzene rings is 1. The summed E-state index contributed by atoms with van der Waals surface area (Å²) in [6.45, 7) is 1.80. The van der Waals surface area contributed by atoms with Gasteiger partial charge in [0.15, 0.2) is 0 Å². The van der Waals surface area contributed by atoms with Gasteiger partial charge in [-0.05, 0) is 30.7 Å². The topological polar surface area (TPSA) is 66.9 Å². The molecule has 0 spiro atoms. The Labute approximate surface area is 135 Å². The molecule has 1 amide bonds. The number of nitrogens with one attached hydrogen (secondary N) is 2. The Balaban J connectivity index is 1.84. The molecule has 24 heavy (non-hydrogen) atoms. The molecule has 0 aliphatic rings. The van der Waals surface area contributed by atoms with Crippen LogP contribution in [0.15, 0.2) is 30.5 Å². The predicted molar refractivity (Wildman–Crippen MR) is 79.0 cm³/mol. The quantitative estimate of drug-likeness (QED) is 0.648. The highest BCUT2D eigenvalue weighted by molar-refractivity contribution is 5.94. The molecule has 0 bridgehead atoms. The Morgan fingerprint density at radius 2 is 1.96 bits per heavy atom. The maximum atomic E-state index is 13.4. The molecular formula is C15H14F4N4O. The predicted octanol–water partition coefficient (Wildman–Crippen LogP) is 2.78. The molecule has 0 fully saturated rings. The molecule has 0 aliphatic heterocycles. The van der Waals surface area contributed by atoms with E-state index in [2.05, 4.69) is 20.6 Å². The molecule has 1 heterocycles. The van der Waals surface area contributed by atoms with E-state index in [0.717, 1.165) is 18.3 Å². The van der Waals surface area contributed by atoms with Gasteiger partial charge < -0.3 is 10.6 Å². The second-order valence-electron chi connectivity index (χ2n) is 4.91. The number of carbonyl (C=O) groups excluding carboxylic acids is 1. The van der Waals surface area contributed by atoms with Crippen molar-refractivity contribution in [2.45, 2.75) is 13.1 Å². The largest absolute Gasteiger partial charge is 0.433 e. The third-order valence-corrected chi connectivity index (χ3v) is 3.07. The van der Waals surface area contributed by atoms with E-state index >= 15 is 0 Å². The summed E-state index contributed by atoms with van der Waals surface area (Å²) in [5.41, 5.74) is -0.470. The lowest BCUT2D eigenvalue weighted by atomic mass is 10.1. The molecular weight excluding hydrogens is 328 g/mol. The van der Waals surface area contributed by atoms with Crippen LogP contribution in [-0.2, 0) is 6.18 Å². The third kappa shape index (κ3) is 4.64. The van der Waals surface area contributed by atoms with Crippen molar-refractivity contribution >= 4 is 11.9 Å². The van der Waals surface area contributed by atoms with Crippen LogP contribution in [0.3, 0.4) is 0 Å². The van der Waals surface area contributed by atoms with Gasteiger partial charge in [0.25, 0.3) is 5.91 Å². The van der Waals surface area contributed by atoms with E-state index in [4.69, 9.17) is 0 Å². The minimum Gasteiger partial charge on any atom is -0.352 e. The van der Waals surface area contributed by atoms with Crippen LogP contribution in [0.2, 0.25) is 0 Å². The second-order valence-corrected chi connectivity index (χ2v) is 4.91. The Bertz CT molecular complexity index is 734. The van der Waals surface area contributed by atoms with E-state index < -0.39 is 23.6 Å². The van der Waals surface area contributed by atoms with E-state index in [-0.39, 0.29) is 24.6 Å². The SMILES string of the molecule is Cc1ccc(C(=O)NCCNc2nccc(C(F)(F)F)n2)cc1F. The van der Waals surface area contributed by atoms with Gasteiger partial charge in [0, 0.05) is 24.8 Å². The first-order valence-electron chi connectivity index (χ1n) is 6.96. The van der Waals surface area contributed by atoms with E-state index in [0.29, 0.717) is 5.56 Å². The summed E-state index contributed by atoms with van der Waals surface area (Å²) in [5, 5.41) is 5.09. The van der Waals surface area contributed by atoms with E-state index in [1.807, 2.05) is 0 Å². The lowest BCUT2D eigenvalue weighted by Gasteiger charge is -2.09. The summed E-state index contributed by atoms with van der Waals surface area (Å²) in [6, 6.07) is 4.85. The normalized spacial score (nSPS) is 11.2. The zero-order valence-electron chi connectivity index (χ0n) is 12.6. The molecule has 0 unspecified atom stereocenters. The molecule has 128 valence electrons. The summed E-state index contributed by atoms with van der Waals surface area (Å²) < 4.78 is 50.9. The molecule has 5 nitrogen and oxygen atoms in total. The van der Waals surface area contributed by atoms with Crippen molar-refractivity contribution in [3.63, 3.8) is 0 Å². The minimum atomic E-state index is -4.55. The zero-order valence-corrected chi connectivity index (χ0v) is 12.6. The Kier molecular flexibility index (Phi) is 5.32. The fourth-order valence-corrected chi connectivity index (χ4v) is 1.79. The molecule has 1 aromatic carbocycles. The molecule has 2 N–H and O–H groups in total. The number of hydrogen-bond acceptors (Lipinski definition) is 4. The van der Waals surface area contributed by atoms with Crippen LogP contribution in [0.1, 0.15) is 21.6 Å². The fraction of sp³-hybridized carbons (Fsp3) is 0.267. The summed E-state index contributed by atoms with van der Waals surface area (Å²) in [6.07, 6.45) is -3.56. The van der Waals surface area contributed by atoms with Crippen LogP contribution in [0.4, 0.5) is 23.5 Å². The Morgan fingerprint density at radius 3 is 2.62 bits per heavy atom. The number of halogens is 4. The molecule has 1 aromatic heterocycles. The maximum absolute atomic E-state index is 13.4. The molecule has 0 saturated carbocycles. The van der Waals surface area contributed by atoms with Crippen LogP contribution >= 0.6 is 0 Å². The van der Waals surface area contributed by atoms with Crippen molar-refractivity contribution in [2.24, 2.45) is 0 Å². The Hall–Kier alpha value is -2.71. The number of nitrogens with zero attached hydrogens (tertiary/aromatic N) is 2. The molecule has 0 atom stereocenters. The number of anilines is 1. The van der Waals surface area contributed by atoms with Gasteiger partial charge in [-0.1, -0.05) is 6.07 Å². The summed E-state index contributed by atoms with van der Waals surface area (Å²) >= 11 is 0. The van der Waals surface area contributed by atoms with Gasteiger partial charge in [0.05, 0.1) is 0 Å². The van der Waals surface area contributed by atoms with Gasteiger partial charge in [-0.15, -0.1) is 0 Å². The number of alkyl halides is 3. The molecule has 2 rings (SSSR count). The first kappa shape index (κ1) is 17.6. The average Bonchev–Trinajstić information content (AvgIpc) is 2.53. The van der Waals surface area contributed by atoms with Crippen molar-refractivity contribution in [1.29, 1.82) is 0 Å². The van der Waals surface area contributed by atoms with Gasteiger partial charge >= 0.3 is 6.18 Å². The smallest absolute Gasteiger partial charge is 0.352 e. The number of rotatable bonds is 5. The van der Waals surface area contributed by atoms with E-state index in [1.54, 1.807) is 6.92 Å². The summed E-state index contributed by atoms with van der Waals surface area (Å²) in [4.78, 5) is 18.8. The second kappa shape index (κ2) is 7.24. The van der Waals surface area contributed by atoms with Gasteiger partial charge in [-0.25, -0.2) is 14.4 Å². The summed E-state index contributed by atoms with van der Waals surface area (Å²) in [5.74, 6) is -1.17. The van der Waals surface area contributed by atoms with Gasteiger partial charge in [0.2, 0.25) is 5.95 Å². The standard InChI is InChI=1S/C15H14F4N4O/c1-9-2-3-10(8-11(9)16)13(24)20-6-7-22-14-21-5-4-12(23-14)15(17,18)19/h2-5,8H,6-7H2,1H3,(H,20,24)(H,21,22,23). The van der Waals surface area contributed by atoms with Crippen LogP contribution in [0.5, 0.6) is 0 Å². The van der Waals surface area contributed by atoms with E-state index in [1.165, 1.54) is 12.1 Å². The third-order valence-electron chi connectivity index (χ3n) is 3.07. The van der Waals surface area contributed by atoms with E-state index in [9.17, 15) is 22.4 Å². The molecule has 0 saturated heterocycles. The number of amides is 1.